The van der Waals surface area contributed by atoms with Crippen LogP contribution in [0.4, 0.5) is 5.69 Å². The molecule has 0 aliphatic carbocycles. The highest BCUT2D eigenvalue weighted by atomic mass is 32.2. The number of nitrogens with zero attached hydrogens (tertiary/aromatic N) is 2. The second-order valence-corrected chi connectivity index (χ2v) is 9.11. The fourth-order valence-electron chi connectivity index (χ4n) is 3.24. The maximum Gasteiger partial charge on any atom is 0.245 e. The fourth-order valence-corrected chi connectivity index (χ4v) is 4.70. The van der Waals surface area contributed by atoms with E-state index in [1.807, 2.05) is 51.1 Å². The van der Waals surface area contributed by atoms with Gasteiger partial charge in [0.25, 0.3) is 0 Å². The molecule has 0 saturated heterocycles. The van der Waals surface area contributed by atoms with Gasteiger partial charge in [0.2, 0.25) is 15.9 Å². The Morgan fingerprint density at radius 3 is 2.00 bits per heavy atom. The number of carbonyl (C=O) groups is 1. The van der Waals surface area contributed by atoms with Gasteiger partial charge in [-0.05, 0) is 29.8 Å². The van der Waals surface area contributed by atoms with Crippen LogP contribution in [0.2, 0.25) is 0 Å². The molecule has 2 rings (SSSR count). The molecule has 2 atom stereocenters. The summed E-state index contributed by atoms with van der Waals surface area (Å²) in [7, 11) is -0.0384. The lowest BCUT2D eigenvalue weighted by atomic mass is 9.92. The highest BCUT2D eigenvalue weighted by molar-refractivity contribution is 7.89. The van der Waals surface area contributed by atoms with Gasteiger partial charge in [0.05, 0.1) is 4.90 Å². The molecule has 0 heterocycles. The predicted octanol–water partition coefficient (Wildman–Crippen LogP) is 3.39. The van der Waals surface area contributed by atoms with Crippen LogP contribution in [0.25, 0.3) is 0 Å². The molecule has 0 fully saturated rings. The Morgan fingerprint density at radius 1 is 0.966 bits per heavy atom. The van der Waals surface area contributed by atoms with Crippen molar-refractivity contribution in [3.05, 3.63) is 60.2 Å². The first kappa shape index (κ1) is 22.9. The van der Waals surface area contributed by atoms with Crippen LogP contribution < -0.4 is 5.32 Å². The van der Waals surface area contributed by atoms with Crippen molar-refractivity contribution in [2.24, 2.45) is 0 Å². The minimum Gasteiger partial charge on any atom is -0.373 e. The number of benzene rings is 2. The van der Waals surface area contributed by atoms with Crippen LogP contribution in [0.1, 0.15) is 32.3 Å². The molecule has 0 spiro atoms. The van der Waals surface area contributed by atoms with Crippen molar-refractivity contribution in [3.63, 3.8) is 0 Å². The van der Waals surface area contributed by atoms with Crippen molar-refractivity contribution in [1.29, 1.82) is 0 Å². The third-order valence-electron chi connectivity index (χ3n) is 5.05. The molecule has 0 aliphatic rings. The molecular formula is C22H31N3O3S. The first-order valence-corrected chi connectivity index (χ1v) is 11.3. The topological polar surface area (TPSA) is 69.7 Å². The summed E-state index contributed by atoms with van der Waals surface area (Å²) in [6, 6.07) is 16.0. The number of hydrogen-bond donors (Lipinski definition) is 1. The number of nitrogens with one attached hydrogen (secondary N) is 1. The van der Waals surface area contributed by atoms with Gasteiger partial charge in [-0.2, -0.15) is 4.31 Å². The zero-order valence-corrected chi connectivity index (χ0v) is 18.6. The van der Waals surface area contributed by atoms with Crippen LogP contribution in [0.15, 0.2) is 59.5 Å². The van der Waals surface area contributed by atoms with E-state index in [4.69, 9.17) is 0 Å². The van der Waals surface area contributed by atoms with E-state index < -0.39 is 16.1 Å². The third-order valence-corrected chi connectivity index (χ3v) is 7.12. The number of rotatable bonds is 9. The Balaban J connectivity index is 2.31. The Morgan fingerprint density at radius 2 is 1.52 bits per heavy atom. The Bertz CT molecular complexity index is 893. The summed E-state index contributed by atoms with van der Waals surface area (Å²) in [5.41, 5.74) is 1.76. The van der Waals surface area contributed by atoms with E-state index in [0.717, 1.165) is 11.3 Å². The number of carbonyl (C=O) groups excluding carboxylic acids is 1. The number of sulfonamides is 1. The molecule has 0 unspecified atom stereocenters. The second-order valence-electron chi connectivity index (χ2n) is 7.17. The van der Waals surface area contributed by atoms with Gasteiger partial charge < -0.3 is 10.2 Å². The van der Waals surface area contributed by atoms with E-state index in [0.29, 0.717) is 13.1 Å². The quantitative estimate of drug-likeness (QED) is 0.679. The van der Waals surface area contributed by atoms with E-state index in [-0.39, 0.29) is 16.7 Å². The molecule has 0 saturated carbocycles. The largest absolute Gasteiger partial charge is 0.373 e. The van der Waals surface area contributed by atoms with Gasteiger partial charge in [-0.25, -0.2) is 8.42 Å². The van der Waals surface area contributed by atoms with Crippen LogP contribution in [-0.4, -0.2) is 56.8 Å². The monoisotopic (exact) mass is 417 g/mol. The first-order valence-electron chi connectivity index (χ1n) is 9.85. The summed E-state index contributed by atoms with van der Waals surface area (Å²) in [6.07, 6.45) is 0. The smallest absolute Gasteiger partial charge is 0.245 e. The highest BCUT2D eigenvalue weighted by Gasteiger charge is 2.28. The van der Waals surface area contributed by atoms with Gasteiger partial charge in [-0.3, -0.25) is 4.79 Å². The molecule has 0 aliphatic heterocycles. The molecule has 0 radical (unpaired) electrons. The predicted molar refractivity (Wildman–Crippen MR) is 118 cm³/mol. The summed E-state index contributed by atoms with van der Waals surface area (Å²) >= 11 is 0. The van der Waals surface area contributed by atoms with Crippen LogP contribution >= 0.6 is 0 Å². The summed E-state index contributed by atoms with van der Waals surface area (Å²) in [5, 5.41) is 3.32. The van der Waals surface area contributed by atoms with Crippen LogP contribution in [0.5, 0.6) is 0 Å². The lowest BCUT2D eigenvalue weighted by Crippen LogP contribution is -2.42. The second kappa shape index (κ2) is 9.89. The number of hydrogen-bond acceptors (Lipinski definition) is 4. The maximum atomic E-state index is 12.8. The van der Waals surface area contributed by atoms with Gasteiger partial charge in [0.1, 0.15) is 6.04 Å². The van der Waals surface area contributed by atoms with E-state index in [2.05, 4.69) is 5.32 Å². The van der Waals surface area contributed by atoms with E-state index in [1.165, 1.54) is 4.31 Å². The molecule has 0 aromatic heterocycles. The van der Waals surface area contributed by atoms with E-state index >= 15 is 0 Å². The van der Waals surface area contributed by atoms with Gasteiger partial charge in [0.15, 0.2) is 0 Å². The standard InChI is InChI=1S/C22H31N3O3S/c1-6-25(7-2)29(27,28)20-15-13-18(14-16-20)17(3)21(22(26)24(4)5)23-19-11-9-8-10-12-19/h8-17,21,23H,6-7H2,1-5H3/t17-,21-/m0/s1. The van der Waals surface area contributed by atoms with Crippen LogP contribution in [-0.2, 0) is 14.8 Å². The zero-order valence-electron chi connectivity index (χ0n) is 17.8. The van der Waals surface area contributed by atoms with Crippen molar-refractivity contribution in [1.82, 2.24) is 9.21 Å². The summed E-state index contributed by atoms with van der Waals surface area (Å²) in [5.74, 6) is -0.198. The normalized spacial score (nSPS) is 13.7. The minimum absolute atomic E-state index is 0.0406. The van der Waals surface area contributed by atoms with E-state index in [9.17, 15) is 13.2 Å². The Hall–Kier alpha value is -2.38. The lowest BCUT2D eigenvalue weighted by molar-refractivity contribution is -0.129. The zero-order chi connectivity index (χ0) is 21.6. The average Bonchev–Trinajstić information content (AvgIpc) is 2.72. The summed E-state index contributed by atoms with van der Waals surface area (Å²) in [4.78, 5) is 14.6. The number of likely N-dealkylation sites (N-methyl/N-ethyl adjacent to an activating group) is 1. The van der Waals surface area contributed by atoms with Gasteiger partial charge in [0, 0.05) is 38.8 Å². The Kier molecular flexibility index (Phi) is 7.81. The first-order chi connectivity index (χ1) is 13.7. The Labute approximate surface area is 174 Å². The highest BCUT2D eigenvalue weighted by Crippen LogP contribution is 2.26. The number of anilines is 1. The van der Waals surface area contributed by atoms with Crippen molar-refractivity contribution in [2.75, 3.05) is 32.5 Å². The van der Waals surface area contributed by atoms with Crippen molar-refractivity contribution in [2.45, 2.75) is 37.6 Å². The number of amides is 1. The van der Waals surface area contributed by atoms with Gasteiger partial charge in [-0.15, -0.1) is 0 Å². The molecule has 29 heavy (non-hydrogen) atoms. The molecule has 2 aromatic rings. The van der Waals surface area contributed by atoms with Gasteiger partial charge >= 0.3 is 0 Å². The van der Waals surface area contributed by atoms with Crippen LogP contribution in [0.3, 0.4) is 0 Å². The third kappa shape index (κ3) is 5.36. The molecular weight excluding hydrogens is 386 g/mol. The molecule has 1 N–H and O–H groups in total. The average molecular weight is 418 g/mol. The summed E-state index contributed by atoms with van der Waals surface area (Å²) in [6.45, 7) is 6.47. The van der Waals surface area contributed by atoms with E-state index in [1.54, 1.807) is 43.3 Å². The molecule has 1 amide bonds. The maximum absolute atomic E-state index is 12.8. The number of para-hydroxylation sites is 1. The molecule has 0 bridgehead atoms. The van der Waals surface area contributed by atoms with Crippen molar-refractivity contribution in [3.8, 4) is 0 Å². The van der Waals surface area contributed by atoms with Gasteiger partial charge in [-0.1, -0.05) is 51.1 Å². The summed E-state index contributed by atoms with van der Waals surface area (Å²) < 4.78 is 26.8. The molecule has 2 aromatic carbocycles. The fraction of sp³-hybridized carbons (Fsp3) is 0.409. The van der Waals surface area contributed by atoms with Crippen LogP contribution in [0, 0.1) is 0 Å². The van der Waals surface area contributed by atoms with Crippen molar-refractivity contribution < 1.29 is 13.2 Å². The lowest BCUT2D eigenvalue weighted by Gasteiger charge is -2.28. The SMILES string of the molecule is CCN(CC)S(=O)(=O)c1ccc([C@H](C)[C@H](Nc2ccccc2)C(=O)N(C)C)cc1. The van der Waals surface area contributed by atoms with Crippen molar-refractivity contribution >= 4 is 21.6 Å². The molecule has 7 heteroatoms. The molecule has 6 nitrogen and oxygen atoms in total. The molecule has 158 valence electrons. The minimum atomic E-state index is -3.50.